The summed E-state index contributed by atoms with van der Waals surface area (Å²) in [4.78, 5) is 11.5. The van der Waals surface area contributed by atoms with Gasteiger partial charge in [-0.1, -0.05) is 0 Å². The third-order valence-electron chi connectivity index (χ3n) is 3.38. The normalized spacial score (nSPS) is 15.7. The van der Waals surface area contributed by atoms with E-state index in [1.807, 2.05) is 30.1 Å². The highest BCUT2D eigenvalue weighted by atomic mass is 32.2. The fraction of sp³-hybridized carbons (Fsp3) is 0.429. The summed E-state index contributed by atoms with van der Waals surface area (Å²) in [6, 6.07) is 2.35. The highest BCUT2D eigenvalue weighted by molar-refractivity contribution is 7.98. The van der Waals surface area contributed by atoms with Crippen molar-refractivity contribution in [2.24, 2.45) is 0 Å². The number of ether oxygens (including phenoxy) is 1. The lowest BCUT2D eigenvalue weighted by Crippen LogP contribution is -2.19. The molecule has 3 heterocycles. The van der Waals surface area contributed by atoms with Gasteiger partial charge in [-0.15, -0.1) is 11.3 Å². The Kier molecular flexibility index (Phi) is 4.24. The van der Waals surface area contributed by atoms with E-state index in [4.69, 9.17) is 4.74 Å². The minimum Gasteiger partial charge on any atom is -0.480 e. The Morgan fingerprint density at radius 3 is 2.95 bits per heavy atom. The van der Waals surface area contributed by atoms with Crippen LogP contribution in [0.4, 0.5) is 0 Å². The lowest BCUT2D eigenvalue weighted by atomic mass is 10.1. The number of nitrogens with one attached hydrogen (secondary N) is 1. The molecule has 1 N–H and O–H groups in total. The van der Waals surface area contributed by atoms with Crippen LogP contribution in [0.5, 0.6) is 5.88 Å². The van der Waals surface area contributed by atoms with E-state index in [1.165, 1.54) is 27.5 Å². The van der Waals surface area contributed by atoms with Gasteiger partial charge in [-0.25, -0.2) is 4.98 Å². The van der Waals surface area contributed by atoms with Crippen LogP contribution in [0.2, 0.25) is 0 Å². The Labute approximate surface area is 127 Å². The van der Waals surface area contributed by atoms with Crippen LogP contribution in [-0.4, -0.2) is 29.9 Å². The lowest BCUT2D eigenvalue weighted by molar-refractivity contribution is 0.384. The highest BCUT2D eigenvalue weighted by Gasteiger charge is 2.23. The fourth-order valence-electron chi connectivity index (χ4n) is 2.42. The first-order chi connectivity index (χ1) is 9.83. The molecule has 0 spiro atoms. The maximum absolute atomic E-state index is 5.34. The average molecular weight is 307 g/mol. The second-order valence-electron chi connectivity index (χ2n) is 4.57. The van der Waals surface area contributed by atoms with E-state index in [2.05, 4.69) is 21.4 Å². The van der Waals surface area contributed by atoms with Crippen molar-refractivity contribution in [3.05, 3.63) is 39.5 Å². The van der Waals surface area contributed by atoms with Crippen LogP contribution in [-0.2, 0) is 12.2 Å². The quantitative estimate of drug-likeness (QED) is 0.941. The van der Waals surface area contributed by atoms with Gasteiger partial charge in [-0.2, -0.15) is 11.8 Å². The predicted octanol–water partition coefficient (Wildman–Crippen LogP) is 2.64. The molecule has 2 aromatic rings. The van der Waals surface area contributed by atoms with Crippen LogP contribution in [0.15, 0.2) is 18.5 Å². The molecule has 0 aliphatic carbocycles. The maximum atomic E-state index is 5.34. The number of thioether (sulfide) groups is 1. The van der Waals surface area contributed by atoms with Gasteiger partial charge < -0.3 is 10.1 Å². The molecule has 0 saturated carbocycles. The first kappa shape index (κ1) is 13.9. The summed E-state index contributed by atoms with van der Waals surface area (Å²) in [5.74, 6) is 2.94. The van der Waals surface area contributed by atoms with E-state index in [0.717, 1.165) is 11.4 Å². The smallest absolute Gasteiger partial charge is 0.237 e. The Morgan fingerprint density at radius 1 is 1.35 bits per heavy atom. The minimum absolute atomic E-state index is 0.0410. The molecule has 0 amide bonds. The molecule has 4 nitrogen and oxygen atoms in total. The SMILES string of the molecule is CNC(c1cc2c(s1)CCSC2)c1nccnc1OC. The molecule has 0 bridgehead atoms. The summed E-state index contributed by atoms with van der Waals surface area (Å²) in [5, 5.41) is 3.34. The Morgan fingerprint density at radius 2 is 2.20 bits per heavy atom. The summed E-state index contributed by atoms with van der Waals surface area (Å²) < 4.78 is 5.34. The van der Waals surface area contributed by atoms with Gasteiger partial charge in [-0.3, -0.25) is 4.98 Å². The molecule has 6 heteroatoms. The Bertz CT molecular complexity index is 576. The predicted molar refractivity (Wildman–Crippen MR) is 83.7 cm³/mol. The second kappa shape index (κ2) is 6.11. The van der Waals surface area contributed by atoms with Crippen molar-refractivity contribution in [3.63, 3.8) is 0 Å². The van der Waals surface area contributed by atoms with Crippen molar-refractivity contribution in [1.82, 2.24) is 15.3 Å². The highest BCUT2D eigenvalue weighted by Crippen LogP contribution is 2.37. The standard InChI is InChI=1S/C14H17N3OS2/c1-15-12(13-14(18-2)17-5-4-16-13)11-7-9-8-19-6-3-10(9)20-11/h4-5,7,12,15H,3,6,8H2,1-2H3. The molecule has 20 heavy (non-hydrogen) atoms. The van der Waals surface area contributed by atoms with E-state index in [1.54, 1.807) is 19.5 Å². The van der Waals surface area contributed by atoms with Crippen molar-refractivity contribution < 1.29 is 4.74 Å². The zero-order valence-electron chi connectivity index (χ0n) is 11.5. The van der Waals surface area contributed by atoms with Crippen LogP contribution in [0, 0.1) is 0 Å². The van der Waals surface area contributed by atoms with Gasteiger partial charge >= 0.3 is 0 Å². The van der Waals surface area contributed by atoms with Gasteiger partial charge in [0, 0.05) is 27.9 Å². The van der Waals surface area contributed by atoms with Crippen molar-refractivity contribution in [2.75, 3.05) is 19.9 Å². The molecule has 1 atom stereocenters. The number of methoxy groups -OCH3 is 1. The minimum atomic E-state index is 0.0410. The molecule has 1 aliphatic heterocycles. The van der Waals surface area contributed by atoms with E-state index >= 15 is 0 Å². The number of fused-ring (bicyclic) bond motifs is 1. The largest absolute Gasteiger partial charge is 0.480 e. The third kappa shape index (κ3) is 2.55. The average Bonchev–Trinajstić information content (AvgIpc) is 2.92. The van der Waals surface area contributed by atoms with Gasteiger partial charge in [-0.05, 0) is 30.9 Å². The maximum Gasteiger partial charge on any atom is 0.237 e. The van der Waals surface area contributed by atoms with Crippen molar-refractivity contribution >= 4 is 23.1 Å². The van der Waals surface area contributed by atoms with Crippen LogP contribution in [0.25, 0.3) is 0 Å². The second-order valence-corrected chi connectivity index (χ2v) is 6.85. The first-order valence-electron chi connectivity index (χ1n) is 6.55. The van der Waals surface area contributed by atoms with Crippen LogP contribution >= 0.6 is 23.1 Å². The number of thiophene rings is 1. The van der Waals surface area contributed by atoms with Crippen molar-refractivity contribution in [1.29, 1.82) is 0 Å². The summed E-state index contributed by atoms with van der Waals surface area (Å²) in [5.41, 5.74) is 2.33. The molecule has 1 aliphatic rings. The number of aryl methyl sites for hydroxylation is 1. The first-order valence-corrected chi connectivity index (χ1v) is 8.52. The van der Waals surface area contributed by atoms with Gasteiger partial charge in [0.1, 0.15) is 5.69 Å². The van der Waals surface area contributed by atoms with Crippen LogP contribution in [0.3, 0.4) is 0 Å². The summed E-state index contributed by atoms with van der Waals surface area (Å²) in [7, 11) is 3.59. The molecule has 0 fully saturated rings. The monoisotopic (exact) mass is 307 g/mol. The van der Waals surface area contributed by atoms with Gasteiger partial charge in [0.25, 0.3) is 0 Å². The van der Waals surface area contributed by atoms with E-state index in [-0.39, 0.29) is 6.04 Å². The molecule has 0 aromatic carbocycles. The summed E-state index contributed by atoms with van der Waals surface area (Å²) in [6.07, 6.45) is 4.55. The van der Waals surface area contributed by atoms with E-state index in [0.29, 0.717) is 5.88 Å². The van der Waals surface area contributed by atoms with Crippen LogP contribution < -0.4 is 10.1 Å². The Balaban J connectivity index is 1.99. The number of rotatable bonds is 4. The molecule has 0 saturated heterocycles. The van der Waals surface area contributed by atoms with E-state index in [9.17, 15) is 0 Å². The van der Waals surface area contributed by atoms with Gasteiger partial charge in [0.15, 0.2) is 0 Å². The molecule has 2 aromatic heterocycles. The van der Waals surface area contributed by atoms with Crippen molar-refractivity contribution in [2.45, 2.75) is 18.2 Å². The van der Waals surface area contributed by atoms with Crippen molar-refractivity contribution in [3.8, 4) is 5.88 Å². The van der Waals surface area contributed by atoms with Crippen LogP contribution in [0.1, 0.15) is 27.1 Å². The number of aromatic nitrogens is 2. The topological polar surface area (TPSA) is 47.0 Å². The number of nitrogens with zero attached hydrogens (tertiary/aromatic N) is 2. The summed E-state index contributed by atoms with van der Waals surface area (Å²) in [6.45, 7) is 0. The molecule has 3 rings (SSSR count). The fourth-order valence-corrected chi connectivity index (χ4v) is 4.91. The number of hydrogen-bond donors (Lipinski definition) is 1. The van der Waals surface area contributed by atoms with Gasteiger partial charge in [0.2, 0.25) is 5.88 Å². The molecule has 106 valence electrons. The zero-order chi connectivity index (χ0) is 13.9. The molecule has 1 unspecified atom stereocenters. The summed E-state index contributed by atoms with van der Waals surface area (Å²) >= 11 is 3.89. The molecular formula is C14H17N3OS2. The zero-order valence-corrected chi connectivity index (χ0v) is 13.2. The Hall–Kier alpha value is -1.11. The van der Waals surface area contributed by atoms with Gasteiger partial charge in [0.05, 0.1) is 13.2 Å². The molecular weight excluding hydrogens is 290 g/mol. The number of hydrogen-bond acceptors (Lipinski definition) is 6. The van der Waals surface area contributed by atoms with E-state index < -0.39 is 0 Å². The third-order valence-corrected chi connectivity index (χ3v) is 5.69. The molecule has 0 radical (unpaired) electrons. The lowest BCUT2D eigenvalue weighted by Gasteiger charge is -2.15.